The molecule has 5 nitrogen and oxygen atoms in total. The number of fused-ring (bicyclic) bond motifs is 4. The Balaban J connectivity index is 1.29. The monoisotopic (exact) mass is 627 g/mol. The van der Waals surface area contributed by atoms with Gasteiger partial charge < -0.3 is 4.90 Å². The number of aromatic nitrogens is 3. The molecule has 218 valence electrons. The molecule has 0 spiro atoms. The van der Waals surface area contributed by atoms with Crippen LogP contribution in [0.15, 0.2) is 171 Å². The summed E-state index contributed by atoms with van der Waals surface area (Å²) in [6.07, 6.45) is 0. The zero-order valence-corrected chi connectivity index (χ0v) is 26.1. The van der Waals surface area contributed by atoms with Gasteiger partial charge in [0, 0.05) is 30.7 Å². The maximum absolute atomic E-state index is 5.28. The summed E-state index contributed by atoms with van der Waals surface area (Å²) in [4.78, 5) is 24.8. The van der Waals surface area contributed by atoms with Crippen LogP contribution in [-0.4, -0.2) is 15.0 Å². The third kappa shape index (κ3) is 4.55. The Morgan fingerprint density at radius 1 is 0.348 bits per heavy atom. The minimum atomic E-state index is 0.578. The SMILES string of the molecule is c1ccc(-c2nc(-c3ccccc3N3c4ccccc4Sc4ccccc43)nc(N3c4ccccc4Sc4ccccc43)n2)cc1. The van der Waals surface area contributed by atoms with Crippen molar-refractivity contribution in [3.05, 3.63) is 152 Å². The van der Waals surface area contributed by atoms with Crippen LogP contribution in [0.2, 0.25) is 0 Å². The summed E-state index contributed by atoms with van der Waals surface area (Å²) >= 11 is 3.57. The summed E-state index contributed by atoms with van der Waals surface area (Å²) in [6, 6.07) is 52.6. The molecule has 0 fully saturated rings. The second kappa shape index (κ2) is 11.2. The van der Waals surface area contributed by atoms with Crippen molar-refractivity contribution in [2.24, 2.45) is 0 Å². The Hall–Kier alpha value is -5.37. The Morgan fingerprint density at radius 2 is 0.761 bits per heavy atom. The van der Waals surface area contributed by atoms with Crippen molar-refractivity contribution in [3.8, 4) is 22.8 Å². The number of anilines is 6. The van der Waals surface area contributed by atoms with Crippen molar-refractivity contribution in [1.29, 1.82) is 0 Å². The van der Waals surface area contributed by atoms with Crippen molar-refractivity contribution in [2.45, 2.75) is 19.6 Å². The lowest BCUT2D eigenvalue weighted by Gasteiger charge is -2.34. The summed E-state index contributed by atoms with van der Waals surface area (Å²) in [7, 11) is 0. The first-order valence-electron chi connectivity index (χ1n) is 15.0. The Bertz CT molecular complexity index is 2160. The van der Waals surface area contributed by atoms with E-state index in [2.05, 4.69) is 143 Å². The molecule has 7 heteroatoms. The van der Waals surface area contributed by atoms with Gasteiger partial charge in [-0.3, -0.25) is 4.90 Å². The lowest BCUT2D eigenvalue weighted by atomic mass is 10.1. The number of hydrogen-bond acceptors (Lipinski definition) is 7. The van der Waals surface area contributed by atoms with Crippen molar-refractivity contribution in [1.82, 2.24) is 15.0 Å². The van der Waals surface area contributed by atoms with Gasteiger partial charge in [0.05, 0.1) is 28.4 Å². The molecule has 7 aromatic rings. The molecule has 2 aliphatic rings. The molecule has 0 atom stereocenters. The van der Waals surface area contributed by atoms with E-state index in [1.165, 1.54) is 9.79 Å². The van der Waals surface area contributed by atoms with Gasteiger partial charge in [-0.25, -0.2) is 4.98 Å². The van der Waals surface area contributed by atoms with Gasteiger partial charge in [-0.2, -0.15) is 9.97 Å². The quantitative estimate of drug-likeness (QED) is 0.192. The molecule has 0 bridgehead atoms. The van der Waals surface area contributed by atoms with Crippen molar-refractivity contribution in [2.75, 3.05) is 9.80 Å². The van der Waals surface area contributed by atoms with Crippen LogP contribution >= 0.6 is 23.5 Å². The fraction of sp³-hybridized carbons (Fsp3) is 0. The van der Waals surface area contributed by atoms with Gasteiger partial charge in [0.25, 0.3) is 0 Å². The molecule has 3 heterocycles. The van der Waals surface area contributed by atoms with Gasteiger partial charge in [-0.05, 0) is 60.7 Å². The summed E-state index contributed by atoms with van der Waals surface area (Å²) in [5.41, 5.74) is 7.22. The summed E-state index contributed by atoms with van der Waals surface area (Å²) in [6.45, 7) is 0. The lowest BCUT2D eigenvalue weighted by Crippen LogP contribution is -2.19. The normalized spacial score (nSPS) is 13.0. The molecule has 0 amide bonds. The minimum absolute atomic E-state index is 0.578. The lowest BCUT2D eigenvalue weighted by molar-refractivity contribution is 1.00. The van der Waals surface area contributed by atoms with Crippen LogP contribution in [0.4, 0.5) is 34.4 Å². The third-order valence-electron chi connectivity index (χ3n) is 8.11. The molecule has 6 aromatic carbocycles. The number of hydrogen-bond donors (Lipinski definition) is 0. The number of rotatable bonds is 4. The van der Waals surface area contributed by atoms with Gasteiger partial charge in [-0.15, -0.1) is 0 Å². The van der Waals surface area contributed by atoms with E-state index in [1.807, 2.05) is 18.2 Å². The highest BCUT2D eigenvalue weighted by Crippen LogP contribution is 2.53. The highest BCUT2D eigenvalue weighted by Gasteiger charge is 2.30. The fourth-order valence-electron chi connectivity index (χ4n) is 6.04. The number of nitrogens with zero attached hydrogens (tertiary/aromatic N) is 5. The van der Waals surface area contributed by atoms with Crippen molar-refractivity contribution in [3.63, 3.8) is 0 Å². The maximum Gasteiger partial charge on any atom is 0.238 e. The van der Waals surface area contributed by atoms with E-state index < -0.39 is 0 Å². The molecule has 0 aliphatic carbocycles. The van der Waals surface area contributed by atoms with Gasteiger partial charge in [-0.1, -0.05) is 115 Å². The minimum Gasteiger partial charge on any atom is -0.307 e. The van der Waals surface area contributed by atoms with Gasteiger partial charge in [0.2, 0.25) is 5.95 Å². The van der Waals surface area contributed by atoms with Crippen molar-refractivity contribution < 1.29 is 0 Å². The van der Waals surface area contributed by atoms with Crippen LogP contribution in [0.25, 0.3) is 22.8 Å². The fourth-order valence-corrected chi connectivity index (χ4v) is 8.16. The van der Waals surface area contributed by atoms with Crippen LogP contribution in [0, 0.1) is 0 Å². The zero-order chi connectivity index (χ0) is 30.5. The smallest absolute Gasteiger partial charge is 0.238 e. The molecule has 46 heavy (non-hydrogen) atoms. The van der Waals surface area contributed by atoms with Gasteiger partial charge in [0.1, 0.15) is 0 Å². The number of para-hydroxylation sites is 5. The van der Waals surface area contributed by atoms with Crippen LogP contribution in [0.5, 0.6) is 0 Å². The molecule has 0 radical (unpaired) electrons. The summed E-state index contributed by atoms with van der Waals surface area (Å²) in [5, 5.41) is 0. The topological polar surface area (TPSA) is 45.2 Å². The van der Waals surface area contributed by atoms with Gasteiger partial charge >= 0.3 is 0 Å². The van der Waals surface area contributed by atoms with E-state index in [0.717, 1.165) is 49.4 Å². The van der Waals surface area contributed by atoms with Crippen LogP contribution < -0.4 is 9.80 Å². The maximum atomic E-state index is 5.28. The van der Waals surface area contributed by atoms with E-state index >= 15 is 0 Å². The van der Waals surface area contributed by atoms with E-state index in [0.29, 0.717) is 17.6 Å². The van der Waals surface area contributed by atoms with Gasteiger partial charge in [0.15, 0.2) is 11.6 Å². The molecule has 0 saturated heterocycles. The highest BCUT2D eigenvalue weighted by atomic mass is 32.2. The Labute approximate surface area is 275 Å². The first kappa shape index (κ1) is 27.0. The predicted octanol–water partition coefficient (Wildman–Crippen LogP) is 11.1. The Kier molecular flexibility index (Phi) is 6.58. The zero-order valence-electron chi connectivity index (χ0n) is 24.5. The molecule has 0 saturated carbocycles. The first-order chi connectivity index (χ1) is 22.8. The average Bonchev–Trinajstić information content (AvgIpc) is 3.13. The summed E-state index contributed by atoms with van der Waals surface area (Å²) < 4.78 is 0. The molecular weight excluding hydrogens is 603 g/mol. The standard InChI is InChI=1S/C39H25N5S2/c1-2-14-26(15-3-1)37-40-38(42-39(41-37)44-31-20-8-12-24-35(31)46-36-25-13-9-21-32(36)44)27-16-4-5-17-28(27)43-29-18-6-10-22-33(29)45-34-23-11-7-19-30(34)43/h1-25H. The number of benzene rings is 6. The molecule has 9 rings (SSSR count). The highest BCUT2D eigenvalue weighted by molar-refractivity contribution is 8.00. The van der Waals surface area contributed by atoms with Crippen molar-refractivity contribution >= 4 is 57.9 Å². The molecule has 0 N–H and O–H groups in total. The molecular formula is C39H25N5S2. The van der Waals surface area contributed by atoms with E-state index in [9.17, 15) is 0 Å². The van der Waals surface area contributed by atoms with E-state index in [1.54, 1.807) is 23.5 Å². The average molecular weight is 628 g/mol. The van der Waals surface area contributed by atoms with E-state index in [4.69, 9.17) is 15.0 Å². The van der Waals surface area contributed by atoms with Crippen LogP contribution in [0.3, 0.4) is 0 Å². The molecule has 2 aliphatic heterocycles. The second-order valence-electron chi connectivity index (χ2n) is 10.9. The first-order valence-corrected chi connectivity index (χ1v) is 16.7. The largest absolute Gasteiger partial charge is 0.307 e. The summed E-state index contributed by atoms with van der Waals surface area (Å²) in [5.74, 6) is 1.81. The third-order valence-corrected chi connectivity index (χ3v) is 10.4. The van der Waals surface area contributed by atoms with E-state index in [-0.39, 0.29) is 0 Å². The molecule has 1 aromatic heterocycles. The van der Waals surface area contributed by atoms with Crippen LogP contribution in [-0.2, 0) is 0 Å². The Morgan fingerprint density at radius 3 is 1.30 bits per heavy atom. The predicted molar refractivity (Wildman–Crippen MR) is 188 cm³/mol. The molecule has 0 unspecified atom stereocenters. The van der Waals surface area contributed by atoms with Crippen LogP contribution in [0.1, 0.15) is 0 Å². The second-order valence-corrected chi connectivity index (χ2v) is 13.1.